The zero-order valence-electron chi connectivity index (χ0n) is 21.9. The largest absolute Gasteiger partial charge is 0.506 e. The molecule has 0 saturated carbocycles. The lowest BCUT2D eigenvalue weighted by Gasteiger charge is -2.42. The molecule has 0 spiro atoms. The van der Waals surface area contributed by atoms with Gasteiger partial charge in [0.15, 0.2) is 16.9 Å². The molecule has 2 fully saturated rings. The van der Waals surface area contributed by atoms with E-state index in [0.29, 0.717) is 0 Å². The molecule has 15 heteroatoms. The highest BCUT2D eigenvalue weighted by Crippen LogP contribution is 2.46. The van der Waals surface area contributed by atoms with E-state index >= 15 is 0 Å². The molecule has 2 aliphatic heterocycles. The van der Waals surface area contributed by atoms with Gasteiger partial charge in [-0.25, -0.2) is 0 Å². The lowest BCUT2D eigenvalue weighted by atomic mass is 9.89. The highest BCUT2D eigenvalue weighted by atomic mass is 16.7. The Kier molecular flexibility index (Phi) is 8.06. The third-order valence-corrected chi connectivity index (χ3v) is 7.48. The average molecular weight is 595 g/mol. The van der Waals surface area contributed by atoms with Gasteiger partial charge >= 0.3 is 0 Å². The maximum Gasteiger partial charge on any atom is 0.229 e. The monoisotopic (exact) mass is 594 g/mol. The second-order valence-electron chi connectivity index (χ2n) is 10.2. The number of phenolic OH excluding ortho intramolecular Hbond substituents is 3. The highest BCUT2D eigenvalue weighted by molar-refractivity contribution is 5.88. The Balaban J connectivity index is 1.70. The number of phenols is 3. The van der Waals surface area contributed by atoms with Crippen LogP contribution >= 0.6 is 0 Å². The van der Waals surface area contributed by atoms with Crippen LogP contribution in [0.2, 0.25) is 0 Å². The number of aromatic hydroxyl groups is 3. The van der Waals surface area contributed by atoms with Crippen molar-refractivity contribution in [2.24, 2.45) is 0 Å². The normalized spacial score (nSPS) is 33.5. The van der Waals surface area contributed by atoms with E-state index in [0.717, 1.165) is 24.3 Å². The maximum absolute atomic E-state index is 13.2. The molecule has 3 aromatic rings. The maximum atomic E-state index is 13.2. The molecule has 2 aliphatic rings. The van der Waals surface area contributed by atoms with E-state index in [1.54, 1.807) is 0 Å². The van der Waals surface area contributed by atoms with Crippen molar-refractivity contribution in [1.82, 2.24) is 0 Å². The first-order chi connectivity index (χ1) is 19.8. The molecule has 15 nitrogen and oxygen atoms in total. The summed E-state index contributed by atoms with van der Waals surface area (Å²) in [7, 11) is 0. The molecule has 5 rings (SSSR count). The zero-order chi connectivity index (χ0) is 30.6. The quantitative estimate of drug-likeness (QED) is 0.148. The van der Waals surface area contributed by atoms with Crippen LogP contribution in [-0.4, -0.2) is 113 Å². The van der Waals surface area contributed by atoms with Crippen LogP contribution in [0.4, 0.5) is 0 Å². The van der Waals surface area contributed by atoms with Crippen molar-refractivity contribution >= 4 is 11.0 Å². The number of aliphatic hydroxyl groups excluding tert-OH is 7. The number of hydrogen-bond donors (Lipinski definition) is 10. The molecule has 0 amide bonds. The summed E-state index contributed by atoms with van der Waals surface area (Å²) in [5, 5.41) is 102. The molecular weight excluding hydrogens is 564 g/mol. The lowest BCUT2D eigenvalue weighted by molar-refractivity contribution is -0.269. The fraction of sp³-hybridized carbons (Fsp3) is 0.444. The van der Waals surface area contributed by atoms with Crippen LogP contribution in [0.3, 0.4) is 0 Å². The standard InChI is InChI=1S/C27H30O15/c1-8-19(32)22(35)25(38)27(39-8)42-15-6-14-17(12(31)5-13(40-14)9-2-3-10(29)11(30)4-9)21(34)18(15)26-24(37)23(36)20(33)16(7-28)41-26/h2-6,8,16,19-20,22-30,32-38H,7H2,1H3/t8-,16+,19-,20+,22+,23-,24+,25-,26-,27-/m0/s1. The van der Waals surface area contributed by atoms with Gasteiger partial charge in [0.25, 0.3) is 0 Å². The number of fused-ring (bicyclic) bond motifs is 1. The lowest BCUT2D eigenvalue weighted by Crippen LogP contribution is -2.58. The average Bonchev–Trinajstić information content (AvgIpc) is 2.95. The number of hydrogen-bond acceptors (Lipinski definition) is 15. The number of benzene rings is 2. The van der Waals surface area contributed by atoms with E-state index in [9.17, 15) is 55.9 Å². The molecule has 2 aromatic carbocycles. The van der Waals surface area contributed by atoms with Gasteiger partial charge in [0.1, 0.15) is 77.1 Å². The predicted molar refractivity (Wildman–Crippen MR) is 139 cm³/mol. The first kappa shape index (κ1) is 30.0. The molecule has 2 saturated heterocycles. The summed E-state index contributed by atoms with van der Waals surface area (Å²) < 4.78 is 22.7. The van der Waals surface area contributed by atoms with Crippen molar-refractivity contribution in [3.63, 3.8) is 0 Å². The van der Waals surface area contributed by atoms with Crippen LogP contribution in [0.15, 0.2) is 39.5 Å². The van der Waals surface area contributed by atoms with Crippen molar-refractivity contribution in [2.75, 3.05) is 6.61 Å². The van der Waals surface area contributed by atoms with Crippen LogP contribution in [0.5, 0.6) is 23.0 Å². The van der Waals surface area contributed by atoms with E-state index in [1.165, 1.54) is 13.0 Å². The van der Waals surface area contributed by atoms with Crippen LogP contribution in [0.1, 0.15) is 18.6 Å². The van der Waals surface area contributed by atoms with Gasteiger partial charge in [0.2, 0.25) is 6.29 Å². The molecule has 228 valence electrons. The minimum absolute atomic E-state index is 0.102. The molecule has 0 bridgehead atoms. The minimum Gasteiger partial charge on any atom is -0.506 e. The van der Waals surface area contributed by atoms with Gasteiger partial charge in [-0.05, 0) is 25.1 Å². The van der Waals surface area contributed by atoms with Crippen molar-refractivity contribution in [3.8, 4) is 34.3 Å². The number of aliphatic hydroxyl groups is 7. The van der Waals surface area contributed by atoms with Crippen molar-refractivity contribution in [1.29, 1.82) is 0 Å². The summed E-state index contributed by atoms with van der Waals surface area (Å²) in [6.07, 6.45) is -16.4. The van der Waals surface area contributed by atoms with Crippen molar-refractivity contribution in [3.05, 3.63) is 46.1 Å². The van der Waals surface area contributed by atoms with Gasteiger partial charge in [-0.1, -0.05) is 0 Å². The Bertz CT molecular complexity index is 1520. The Labute approximate surface area is 236 Å². The first-order valence-corrected chi connectivity index (χ1v) is 12.9. The third kappa shape index (κ3) is 5.04. The number of rotatable bonds is 5. The van der Waals surface area contributed by atoms with Crippen LogP contribution in [0.25, 0.3) is 22.3 Å². The van der Waals surface area contributed by atoms with E-state index in [4.69, 9.17) is 18.6 Å². The first-order valence-electron chi connectivity index (χ1n) is 12.9. The Morgan fingerprint density at radius 1 is 0.810 bits per heavy atom. The molecule has 1 aromatic heterocycles. The summed E-state index contributed by atoms with van der Waals surface area (Å²) in [6.45, 7) is 0.591. The zero-order valence-corrected chi connectivity index (χ0v) is 21.9. The molecule has 10 N–H and O–H groups in total. The van der Waals surface area contributed by atoms with Gasteiger partial charge in [-0.2, -0.15) is 0 Å². The molecule has 0 aliphatic carbocycles. The smallest absolute Gasteiger partial charge is 0.229 e. The van der Waals surface area contributed by atoms with Gasteiger partial charge in [-0.3, -0.25) is 4.79 Å². The van der Waals surface area contributed by atoms with Crippen LogP contribution in [-0.2, 0) is 9.47 Å². The molecule has 42 heavy (non-hydrogen) atoms. The van der Waals surface area contributed by atoms with Crippen LogP contribution < -0.4 is 10.2 Å². The molecule has 0 unspecified atom stereocenters. The molecule has 3 heterocycles. The summed E-state index contributed by atoms with van der Waals surface area (Å²) in [6, 6.07) is 5.69. The third-order valence-electron chi connectivity index (χ3n) is 7.48. The SMILES string of the molecule is C[C@@H]1O[C@@H](Oc2cc3oc(-c4ccc(O)c(O)c4)cc(=O)c3c(O)c2[C@@H]2O[C@H](CO)[C@@H](O)[C@H](O)[C@H]2O)[C@@H](O)[C@H](O)[C@H]1O. The molecule has 10 atom stereocenters. The summed E-state index contributed by atoms with van der Waals surface area (Å²) >= 11 is 0. The van der Waals surface area contributed by atoms with Crippen LogP contribution in [0, 0.1) is 0 Å². The topological polar surface area (TPSA) is 260 Å². The van der Waals surface area contributed by atoms with Crippen molar-refractivity contribution in [2.45, 2.75) is 68.1 Å². The predicted octanol–water partition coefficient (Wildman–Crippen LogP) is -1.70. The minimum atomic E-state index is -1.93. The summed E-state index contributed by atoms with van der Waals surface area (Å²) in [5.74, 6) is -2.31. The second-order valence-corrected chi connectivity index (χ2v) is 10.2. The van der Waals surface area contributed by atoms with Gasteiger partial charge < -0.3 is 69.7 Å². The summed E-state index contributed by atoms with van der Waals surface area (Å²) in [4.78, 5) is 13.2. The fourth-order valence-corrected chi connectivity index (χ4v) is 5.06. The van der Waals surface area contributed by atoms with Gasteiger partial charge in [0.05, 0.1) is 18.3 Å². The summed E-state index contributed by atoms with van der Waals surface area (Å²) in [5.41, 5.74) is -1.40. The number of ether oxygens (including phenoxy) is 3. The molecule has 0 radical (unpaired) electrons. The van der Waals surface area contributed by atoms with Crippen molar-refractivity contribution < 1.29 is 69.7 Å². The van der Waals surface area contributed by atoms with E-state index in [2.05, 4.69) is 0 Å². The van der Waals surface area contributed by atoms with Gasteiger partial charge in [-0.15, -0.1) is 0 Å². The Morgan fingerprint density at radius 2 is 1.50 bits per heavy atom. The Morgan fingerprint density at radius 3 is 2.17 bits per heavy atom. The molecular formula is C27H30O15. The van der Waals surface area contributed by atoms with E-state index < -0.39 is 107 Å². The fourth-order valence-electron chi connectivity index (χ4n) is 5.06. The van der Waals surface area contributed by atoms with Gasteiger partial charge in [0, 0.05) is 17.7 Å². The Hall–Kier alpha value is -3.51. The van der Waals surface area contributed by atoms with E-state index in [1.807, 2.05) is 0 Å². The van der Waals surface area contributed by atoms with E-state index in [-0.39, 0.29) is 16.9 Å². The second kappa shape index (κ2) is 11.3. The highest BCUT2D eigenvalue weighted by Gasteiger charge is 2.48.